The molecule has 0 radical (unpaired) electrons. The SMILES string of the molecule is Cc1nonc1CNCC(C)(O)CN(C)C. The van der Waals surface area contributed by atoms with Crippen LogP contribution in [0.2, 0.25) is 0 Å². The highest BCUT2D eigenvalue weighted by Gasteiger charge is 2.20. The normalized spacial score (nSPS) is 15.4. The highest BCUT2D eigenvalue weighted by atomic mass is 16.6. The number of aryl methyl sites for hydroxylation is 1. The van der Waals surface area contributed by atoms with Crippen molar-refractivity contribution in [1.29, 1.82) is 0 Å². The van der Waals surface area contributed by atoms with Crippen LogP contribution in [0.4, 0.5) is 0 Å². The third-order valence-electron chi connectivity index (χ3n) is 2.20. The zero-order valence-electron chi connectivity index (χ0n) is 10.3. The van der Waals surface area contributed by atoms with Crippen LogP contribution in [0.3, 0.4) is 0 Å². The average molecular weight is 228 g/mol. The predicted octanol–water partition coefficient (Wildman–Crippen LogP) is -0.220. The topological polar surface area (TPSA) is 74.4 Å². The van der Waals surface area contributed by atoms with Gasteiger partial charge in [-0.1, -0.05) is 10.3 Å². The summed E-state index contributed by atoms with van der Waals surface area (Å²) in [7, 11) is 3.86. The average Bonchev–Trinajstić information content (AvgIpc) is 2.49. The van der Waals surface area contributed by atoms with Crippen LogP contribution in [0.25, 0.3) is 0 Å². The molecule has 1 aromatic rings. The summed E-state index contributed by atoms with van der Waals surface area (Å²) in [5.74, 6) is 0. The van der Waals surface area contributed by atoms with Gasteiger partial charge in [-0.2, -0.15) is 0 Å². The molecule has 0 spiro atoms. The molecular weight excluding hydrogens is 208 g/mol. The lowest BCUT2D eigenvalue weighted by atomic mass is 10.1. The van der Waals surface area contributed by atoms with E-state index >= 15 is 0 Å². The fourth-order valence-corrected chi connectivity index (χ4v) is 1.60. The first kappa shape index (κ1) is 13.1. The van der Waals surface area contributed by atoms with Gasteiger partial charge in [0.15, 0.2) is 0 Å². The zero-order chi connectivity index (χ0) is 12.2. The Morgan fingerprint density at radius 2 is 2.12 bits per heavy atom. The van der Waals surface area contributed by atoms with Crippen molar-refractivity contribution in [2.75, 3.05) is 27.2 Å². The van der Waals surface area contributed by atoms with Crippen molar-refractivity contribution in [1.82, 2.24) is 20.5 Å². The molecule has 0 amide bonds. The van der Waals surface area contributed by atoms with Gasteiger partial charge in [0, 0.05) is 19.6 Å². The maximum Gasteiger partial charge on any atom is 0.121 e. The van der Waals surface area contributed by atoms with Gasteiger partial charge in [0.1, 0.15) is 11.4 Å². The van der Waals surface area contributed by atoms with Crippen molar-refractivity contribution in [2.45, 2.75) is 26.0 Å². The van der Waals surface area contributed by atoms with E-state index in [-0.39, 0.29) is 0 Å². The van der Waals surface area contributed by atoms with Gasteiger partial charge in [-0.25, -0.2) is 4.63 Å². The van der Waals surface area contributed by atoms with E-state index in [1.54, 1.807) is 6.92 Å². The van der Waals surface area contributed by atoms with Gasteiger partial charge in [-0.05, 0) is 27.9 Å². The van der Waals surface area contributed by atoms with Crippen molar-refractivity contribution >= 4 is 0 Å². The van der Waals surface area contributed by atoms with Gasteiger partial charge in [0.2, 0.25) is 0 Å². The van der Waals surface area contributed by atoms with Crippen LogP contribution < -0.4 is 5.32 Å². The van der Waals surface area contributed by atoms with E-state index in [2.05, 4.69) is 20.3 Å². The fraction of sp³-hybridized carbons (Fsp3) is 0.800. The van der Waals surface area contributed by atoms with Crippen molar-refractivity contribution in [3.8, 4) is 0 Å². The van der Waals surface area contributed by atoms with Crippen LogP contribution in [0.15, 0.2) is 4.63 Å². The van der Waals surface area contributed by atoms with Crippen molar-refractivity contribution in [2.24, 2.45) is 0 Å². The van der Waals surface area contributed by atoms with E-state index < -0.39 is 5.60 Å². The molecule has 0 aliphatic heterocycles. The molecular formula is C10H20N4O2. The lowest BCUT2D eigenvalue weighted by molar-refractivity contribution is 0.0334. The minimum atomic E-state index is -0.755. The van der Waals surface area contributed by atoms with Gasteiger partial charge in [-0.15, -0.1) is 0 Å². The van der Waals surface area contributed by atoms with Gasteiger partial charge >= 0.3 is 0 Å². The quantitative estimate of drug-likeness (QED) is 0.701. The standard InChI is InChI=1S/C10H20N4O2/c1-8-9(13-16-12-8)5-11-6-10(2,15)7-14(3)4/h11,15H,5-7H2,1-4H3. The van der Waals surface area contributed by atoms with E-state index in [0.29, 0.717) is 19.6 Å². The number of hydrogen-bond donors (Lipinski definition) is 2. The molecule has 0 fully saturated rings. The monoisotopic (exact) mass is 228 g/mol. The number of nitrogens with zero attached hydrogens (tertiary/aromatic N) is 3. The van der Waals surface area contributed by atoms with E-state index in [1.165, 1.54) is 0 Å². The molecule has 1 atom stereocenters. The van der Waals surface area contributed by atoms with Gasteiger partial charge in [0.05, 0.1) is 5.60 Å². The largest absolute Gasteiger partial charge is 0.388 e. The summed E-state index contributed by atoms with van der Waals surface area (Å²) in [5, 5.41) is 20.6. The number of aromatic nitrogens is 2. The summed E-state index contributed by atoms with van der Waals surface area (Å²) in [6, 6.07) is 0. The van der Waals surface area contributed by atoms with E-state index in [9.17, 15) is 5.11 Å². The third-order valence-corrected chi connectivity index (χ3v) is 2.20. The highest BCUT2D eigenvalue weighted by Crippen LogP contribution is 2.04. The van der Waals surface area contributed by atoms with Crippen LogP contribution >= 0.6 is 0 Å². The minimum absolute atomic E-state index is 0.498. The number of rotatable bonds is 6. The number of nitrogens with one attached hydrogen (secondary N) is 1. The Labute approximate surface area is 95.6 Å². The molecule has 0 aromatic carbocycles. The molecule has 0 saturated carbocycles. The van der Waals surface area contributed by atoms with Gasteiger partial charge in [-0.3, -0.25) is 0 Å². The lowest BCUT2D eigenvalue weighted by Crippen LogP contribution is -2.45. The summed E-state index contributed by atoms with van der Waals surface area (Å²) in [5.41, 5.74) is 0.801. The molecule has 6 heteroatoms. The molecule has 1 unspecified atom stereocenters. The maximum atomic E-state index is 10.0. The van der Waals surface area contributed by atoms with Gasteiger partial charge < -0.3 is 15.3 Å². The molecule has 1 aromatic heterocycles. The summed E-state index contributed by atoms with van der Waals surface area (Å²) in [4.78, 5) is 1.95. The van der Waals surface area contributed by atoms with E-state index in [1.807, 2.05) is 25.9 Å². The van der Waals surface area contributed by atoms with Crippen LogP contribution in [0, 0.1) is 6.92 Å². The van der Waals surface area contributed by atoms with Crippen molar-refractivity contribution in [3.05, 3.63) is 11.4 Å². The summed E-state index contributed by atoms with van der Waals surface area (Å²) < 4.78 is 4.58. The Bertz CT molecular complexity index is 322. The molecule has 1 heterocycles. The smallest absolute Gasteiger partial charge is 0.121 e. The Kier molecular flexibility index (Phi) is 4.40. The fourth-order valence-electron chi connectivity index (χ4n) is 1.60. The minimum Gasteiger partial charge on any atom is -0.388 e. The van der Waals surface area contributed by atoms with Gasteiger partial charge in [0.25, 0.3) is 0 Å². The molecule has 92 valence electrons. The summed E-state index contributed by atoms with van der Waals surface area (Å²) >= 11 is 0. The van der Waals surface area contributed by atoms with Crippen LogP contribution in [-0.2, 0) is 6.54 Å². The first-order valence-corrected chi connectivity index (χ1v) is 5.26. The second kappa shape index (κ2) is 5.38. The number of likely N-dealkylation sites (N-methyl/N-ethyl adjacent to an activating group) is 1. The Morgan fingerprint density at radius 1 is 1.44 bits per heavy atom. The Morgan fingerprint density at radius 3 is 2.62 bits per heavy atom. The van der Waals surface area contributed by atoms with Crippen LogP contribution in [-0.4, -0.2) is 53.1 Å². The molecule has 0 bridgehead atoms. The Balaban J connectivity index is 2.32. The second-order valence-electron chi connectivity index (χ2n) is 4.63. The molecule has 0 aliphatic rings. The van der Waals surface area contributed by atoms with E-state index in [0.717, 1.165) is 11.4 Å². The maximum absolute atomic E-state index is 10.0. The second-order valence-corrected chi connectivity index (χ2v) is 4.63. The van der Waals surface area contributed by atoms with Crippen molar-refractivity contribution < 1.29 is 9.74 Å². The lowest BCUT2D eigenvalue weighted by Gasteiger charge is -2.27. The highest BCUT2D eigenvalue weighted by molar-refractivity contribution is 5.03. The molecule has 2 N–H and O–H groups in total. The van der Waals surface area contributed by atoms with Crippen LogP contribution in [0.5, 0.6) is 0 Å². The summed E-state index contributed by atoms with van der Waals surface area (Å²) in [6.07, 6.45) is 0. The Hall–Kier alpha value is -0.980. The third kappa shape index (κ3) is 4.26. The number of hydrogen-bond acceptors (Lipinski definition) is 6. The molecule has 0 aliphatic carbocycles. The molecule has 6 nitrogen and oxygen atoms in total. The molecule has 0 saturated heterocycles. The molecule has 1 rings (SSSR count). The van der Waals surface area contributed by atoms with Crippen LogP contribution in [0.1, 0.15) is 18.3 Å². The summed E-state index contributed by atoms with van der Waals surface area (Å²) in [6.45, 7) is 5.30. The first-order chi connectivity index (χ1) is 7.41. The predicted molar refractivity (Wildman–Crippen MR) is 59.9 cm³/mol. The van der Waals surface area contributed by atoms with Crippen molar-refractivity contribution in [3.63, 3.8) is 0 Å². The number of aliphatic hydroxyl groups is 1. The zero-order valence-corrected chi connectivity index (χ0v) is 10.3. The first-order valence-electron chi connectivity index (χ1n) is 5.26. The van der Waals surface area contributed by atoms with E-state index in [4.69, 9.17) is 0 Å². The molecule has 16 heavy (non-hydrogen) atoms.